The molecule has 0 atom stereocenters. The van der Waals surface area contributed by atoms with Crippen LogP contribution in [-0.4, -0.2) is 4.57 Å². The van der Waals surface area contributed by atoms with E-state index in [1.165, 1.54) is 128 Å². The van der Waals surface area contributed by atoms with Crippen molar-refractivity contribution in [1.29, 1.82) is 0 Å². The lowest BCUT2D eigenvalue weighted by Crippen LogP contribution is -2.37. The maximum absolute atomic E-state index is 2.52. The van der Waals surface area contributed by atoms with Crippen LogP contribution in [-0.2, 0) is 19.5 Å². The van der Waals surface area contributed by atoms with Gasteiger partial charge in [0.05, 0.1) is 13.1 Å². The van der Waals surface area contributed by atoms with Gasteiger partial charge in [-0.3, -0.25) is 0 Å². The normalized spacial score (nSPS) is 11.4. The number of unbranched alkanes of at least 4 members (excludes halogenated alkanes) is 15. The minimum Gasteiger partial charge on any atom is -0.234 e. The molecule has 0 fully saturated rings. The van der Waals surface area contributed by atoms with Crippen molar-refractivity contribution in [3.05, 3.63) is 18.2 Å². The quantitative estimate of drug-likeness (QED) is 0.157. The van der Waals surface area contributed by atoms with Crippen molar-refractivity contribution in [2.45, 2.75) is 149 Å². The Balaban J connectivity index is 2.11. The number of rotatable bonds is 20. The third kappa shape index (κ3) is 11.9. The molecular formula is C26H51N2+. The summed E-state index contributed by atoms with van der Waals surface area (Å²) < 4.78 is 5.04. The largest absolute Gasteiger partial charge is 0.256 e. The lowest BCUT2D eigenvalue weighted by Gasteiger charge is -2.05. The molecule has 0 aromatic carbocycles. The summed E-state index contributed by atoms with van der Waals surface area (Å²) >= 11 is 0. The number of aromatic nitrogens is 2. The second-order valence-electron chi connectivity index (χ2n) is 8.76. The van der Waals surface area contributed by atoms with Crippen LogP contribution < -0.4 is 4.57 Å². The summed E-state index contributed by atoms with van der Waals surface area (Å²) in [5.74, 6) is 1.53. The molecule has 0 radical (unpaired) electrons. The third-order valence-electron chi connectivity index (χ3n) is 6.16. The van der Waals surface area contributed by atoms with Crippen LogP contribution in [0.2, 0.25) is 0 Å². The monoisotopic (exact) mass is 391 g/mol. The first-order valence-electron chi connectivity index (χ1n) is 12.9. The van der Waals surface area contributed by atoms with Gasteiger partial charge in [-0.15, -0.1) is 0 Å². The van der Waals surface area contributed by atoms with Crippen molar-refractivity contribution in [1.82, 2.24) is 4.57 Å². The molecule has 0 aliphatic rings. The van der Waals surface area contributed by atoms with E-state index in [9.17, 15) is 0 Å². The summed E-state index contributed by atoms with van der Waals surface area (Å²) in [5.41, 5.74) is 0. The third-order valence-corrected chi connectivity index (χ3v) is 6.16. The van der Waals surface area contributed by atoms with E-state index in [0.29, 0.717) is 0 Å². The molecule has 2 nitrogen and oxygen atoms in total. The first-order valence-corrected chi connectivity index (χ1v) is 12.9. The Kier molecular flexibility index (Phi) is 16.5. The van der Waals surface area contributed by atoms with Gasteiger partial charge in [0.25, 0.3) is 5.82 Å². The second-order valence-corrected chi connectivity index (χ2v) is 8.76. The van der Waals surface area contributed by atoms with Crippen molar-refractivity contribution in [2.24, 2.45) is 0 Å². The molecule has 0 amide bonds. The van der Waals surface area contributed by atoms with Gasteiger partial charge >= 0.3 is 0 Å². The highest BCUT2D eigenvalue weighted by Crippen LogP contribution is 2.12. The Morgan fingerprint density at radius 2 is 1.07 bits per heavy atom. The van der Waals surface area contributed by atoms with Gasteiger partial charge in [0.15, 0.2) is 0 Å². The predicted octanol–water partition coefficient (Wildman–Crippen LogP) is 8.01. The van der Waals surface area contributed by atoms with E-state index < -0.39 is 0 Å². The standard InChI is InChI=1S/C26H51N2/c1-4-7-9-11-13-14-15-17-19-21-23-28-25-24-27(26(28)6-3)22-20-18-16-12-10-8-5-2/h24-25H,4-23H2,1-3H3/q+1. The van der Waals surface area contributed by atoms with E-state index in [-0.39, 0.29) is 0 Å². The summed E-state index contributed by atoms with van der Waals surface area (Å²) in [6.45, 7) is 9.33. The molecule has 0 aliphatic heterocycles. The molecule has 1 aromatic rings. The van der Waals surface area contributed by atoms with Crippen molar-refractivity contribution in [2.75, 3.05) is 0 Å². The number of aryl methyl sites for hydroxylation is 2. The maximum Gasteiger partial charge on any atom is 0.256 e. The fourth-order valence-corrected chi connectivity index (χ4v) is 4.32. The summed E-state index contributed by atoms with van der Waals surface area (Å²) in [6.07, 6.45) is 29.8. The predicted molar refractivity (Wildman–Crippen MR) is 124 cm³/mol. The lowest BCUT2D eigenvalue weighted by atomic mass is 10.1. The van der Waals surface area contributed by atoms with Crippen molar-refractivity contribution in [3.8, 4) is 0 Å². The molecular weight excluding hydrogens is 340 g/mol. The fourth-order valence-electron chi connectivity index (χ4n) is 4.32. The van der Waals surface area contributed by atoms with Gasteiger partial charge < -0.3 is 0 Å². The summed E-state index contributed by atoms with van der Waals surface area (Å²) in [5, 5.41) is 0. The summed E-state index contributed by atoms with van der Waals surface area (Å²) in [6, 6.07) is 0. The number of hydrogen-bond donors (Lipinski definition) is 0. The van der Waals surface area contributed by atoms with E-state index in [4.69, 9.17) is 0 Å². The lowest BCUT2D eigenvalue weighted by molar-refractivity contribution is -0.704. The Morgan fingerprint density at radius 3 is 1.57 bits per heavy atom. The van der Waals surface area contributed by atoms with Gasteiger partial charge in [0, 0.05) is 6.42 Å². The zero-order valence-corrected chi connectivity index (χ0v) is 19.7. The van der Waals surface area contributed by atoms with Crippen LogP contribution >= 0.6 is 0 Å². The maximum atomic E-state index is 2.52. The van der Waals surface area contributed by atoms with Gasteiger partial charge in [-0.2, -0.15) is 0 Å². The molecule has 0 N–H and O–H groups in total. The molecule has 1 rings (SSSR count). The first-order chi connectivity index (χ1) is 13.8. The van der Waals surface area contributed by atoms with Crippen LogP contribution in [0.5, 0.6) is 0 Å². The number of nitrogens with zero attached hydrogens (tertiary/aromatic N) is 2. The van der Waals surface area contributed by atoms with Gasteiger partial charge in [-0.25, -0.2) is 9.13 Å². The van der Waals surface area contributed by atoms with E-state index >= 15 is 0 Å². The summed E-state index contributed by atoms with van der Waals surface area (Å²) in [7, 11) is 0. The van der Waals surface area contributed by atoms with Crippen LogP contribution in [0.25, 0.3) is 0 Å². The van der Waals surface area contributed by atoms with Crippen LogP contribution in [0, 0.1) is 0 Å². The molecule has 1 aromatic heterocycles. The molecule has 28 heavy (non-hydrogen) atoms. The average molecular weight is 392 g/mol. The molecule has 164 valence electrons. The smallest absolute Gasteiger partial charge is 0.234 e. The Labute approximate surface area is 177 Å². The Hall–Kier alpha value is -0.790. The second kappa shape index (κ2) is 18.3. The average Bonchev–Trinajstić information content (AvgIpc) is 3.10. The highest BCUT2D eigenvalue weighted by atomic mass is 15.1. The molecule has 2 heteroatoms. The van der Waals surface area contributed by atoms with Crippen LogP contribution in [0.1, 0.15) is 136 Å². The van der Waals surface area contributed by atoms with Gasteiger partial charge in [-0.1, -0.05) is 104 Å². The van der Waals surface area contributed by atoms with E-state index in [1.807, 2.05) is 0 Å². The van der Waals surface area contributed by atoms with E-state index in [0.717, 1.165) is 6.42 Å². The molecule has 1 heterocycles. The first kappa shape index (κ1) is 25.2. The molecule has 0 bridgehead atoms. The fraction of sp³-hybridized carbons (Fsp3) is 0.885. The van der Waals surface area contributed by atoms with Crippen LogP contribution in [0.3, 0.4) is 0 Å². The number of hydrogen-bond acceptors (Lipinski definition) is 0. The van der Waals surface area contributed by atoms with Crippen LogP contribution in [0.4, 0.5) is 0 Å². The molecule has 0 saturated carbocycles. The number of imidazole rings is 1. The molecule has 0 saturated heterocycles. The Bertz CT molecular complexity index is 449. The zero-order valence-electron chi connectivity index (χ0n) is 19.7. The minimum absolute atomic E-state index is 1.15. The van der Waals surface area contributed by atoms with E-state index in [2.05, 4.69) is 42.3 Å². The van der Waals surface area contributed by atoms with Crippen molar-refractivity contribution < 1.29 is 4.57 Å². The van der Waals surface area contributed by atoms with Gasteiger partial charge in [-0.05, 0) is 25.7 Å². The molecule has 0 spiro atoms. The van der Waals surface area contributed by atoms with Crippen molar-refractivity contribution in [3.63, 3.8) is 0 Å². The minimum atomic E-state index is 1.15. The van der Waals surface area contributed by atoms with Gasteiger partial charge in [0.2, 0.25) is 0 Å². The summed E-state index contributed by atoms with van der Waals surface area (Å²) in [4.78, 5) is 0. The molecule has 0 unspecified atom stereocenters. The zero-order chi connectivity index (χ0) is 20.3. The van der Waals surface area contributed by atoms with Crippen molar-refractivity contribution >= 4 is 0 Å². The van der Waals surface area contributed by atoms with E-state index in [1.54, 1.807) is 0 Å². The van der Waals surface area contributed by atoms with Gasteiger partial charge in [0.1, 0.15) is 12.4 Å². The SMILES string of the molecule is CCCCCCCCCCCCn1cc[n+](CCCCCCCCC)c1CC. The highest BCUT2D eigenvalue weighted by molar-refractivity contribution is 4.83. The van der Waals surface area contributed by atoms with Crippen LogP contribution in [0.15, 0.2) is 12.4 Å². The topological polar surface area (TPSA) is 8.81 Å². The Morgan fingerprint density at radius 1 is 0.607 bits per heavy atom. The highest BCUT2D eigenvalue weighted by Gasteiger charge is 2.14. The molecule has 0 aliphatic carbocycles.